The molecule has 288 valence electrons. The van der Waals surface area contributed by atoms with Crippen molar-refractivity contribution < 1.29 is 32.3 Å². The Morgan fingerprint density at radius 3 is 2.56 bits per heavy atom. The van der Waals surface area contributed by atoms with E-state index in [4.69, 9.17) is 26.1 Å². The van der Waals surface area contributed by atoms with E-state index >= 15 is 0 Å². The summed E-state index contributed by atoms with van der Waals surface area (Å²) in [5.74, 6) is -1.73. The minimum atomic E-state index is -3.90. The molecule has 13 nitrogen and oxygen atoms in total. The number of likely N-dealkylation sites (tertiary alicyclic amines) is 1. The number of ether oxygens (including phenoxy) is 2. The molecule has 4 aromatic rings. The third kappa shape index (κ3) is 7.95. The first-order valence-corrected chi connectivity index (χ1v) is 21.1. The van der Waals surface area contributed by atoms with Gasteiger partial charge in [0, 0.05) is 43.6 Å². The van der Waals surface area contributed by atoms with Gasteiger partial charge in [0.25, 0.3) is 5.91 Å². The van der Waals surface area contributed by atoms with Crippen molar-refractivity contribution in [2.45, 2.75) is 61.6 Å². The number of nitrogens with one attached hydrogen (secondary N) is 3. The number of carbonyl (C=O) groups excluding carboxylic acids is 3. The van der Waals surface area contributed by atoms with Gasteiger partial charge in [-0.3, -0.25) is 19.1 Å². The number of benzene rings is 2. The lowest BCUT2D eigenvalue weighted by Crippen LogP contribution is -2.57. The highest BCUT2D eigenvalue weighted by Gasteiger charge is 2.62. The molecule has 5 atom stereocenters. The summed E-state index contributed by atoms with van der Waals surface area (Å²) in [5.41, 5.74) is 0.535. The zero-order chi connectivity index (χ0) is 39.2. The molecule has 17 heteroatoms. The summed E-state index contributed by atoms with van der Waals surface area (Å²) in [4.78, 5) is 53.0. The van der Waals surface area contributed by atoms with Crippen LogP contribution in [0.5, 0.6) is 11.6 Å². The zero-order valence-electron chi connectivity index (χ0n) is 29.9. The number of anilines is 1. The van der Waals surface area contributed by atoms with Crippen LogP contribution in [0.1, 0.15) is 32.6 Å². The molecular formula is C38H38BrClN6O7S2. The molecule has 3 amide bonds. The van der Waals surface area contributed by atoms with Crippen molar-refractivity contribution >= 4 is 82.5 Å². The van der Waals surface area contributed by atoms with E-state index in [9.17, 15) is 22.8 Å². The monoisotopic (exact) mass is 868 g/mol. The van der Waals surface area contributed by atoms with Gasteiger partial charge in [0.2, 0.25) is 27.7 Å². The number of pyridine rings is 1. The molecule has 3 aliphatic rings. The second kappa shape index (κ2) is 15.2. The third-order valence-electron chi connectivity index (χ3n) is 10.0. The number of rotatable bonds is 14. The molecule has 2 aromatic carbocycles. The summed E-state index contributed by atoms with van der Waals surface area (Å²) in [7, 11) is -2.37. The van der Waals surface area contributed by atoms with Gasteiger partial charge in [0.05, 0.1) is 30.8 Å². The lowest BCUT2D eigenvalue weighted by atomic mass is 10.1. The molecule has 0 unspecified atom stereocenters. The number of thiazole rings is 1. The maximum absolute atomic E-state index is 14.6. The van der Waals surface area contributed by atoms with Crippen LogP contribution in [0, 0.1) is 5.92 Å². The molecule has 0 radical (unpaired) electrons. The van der Waals surface area contributed by atoms with Crippen LogP contribution < -0.4 is 24.8 Å². The van der Waals surface area contributed by atoms with E-state index in [1.54, 1.807) is 25.1 Å². The Kier molecular flexibility index (Phi) is 10.7. The first-order chi connectivity index (χ1) is 26.2. The molecule has 55 heavy (non-hydrogen) atoms. The molecule has 1 saturated heterocycles. The van der Waals surface area contributed by atoms with Crippen LogP contribution in [0.25, 0.3) is 22.0 Å². The molecule has 1 aliphatic heterocycles. The highest BCUT2D eigenvalue weighted by atomic mass is 79.9. The molecule has 2 aromatic heterocycles. The summed E-state index contributed by atoms with van der Waals surface area (Å²) >= 11 is 11.1. The fourth-order valence-corrected chi connectivity index (χ4v) is 9.30. The molecule has 3 heterocycles. The average molecular weight is 870 g/mol. The quantitative estimate of drug-likeness (QED) is 0.131. The molecule has 3 N–H and O–H groups in total. The van der Waals surface area contributed by atoms with E-state index in [1.807, 2.05) is 29.6 Å². The Morgan fingerprint density at radius 1 is 1.16 bits per heavy atom. The highest BCUT2D eigenvalue weighted by molar-refractivity contribution is 9.10. The van der Waals surface area contributed by atoms with Crippen LogP contribution >= 0.6 is 38.9 Å². The van der Waals surface area contributed by atoms with Crippen LogP contribution in [-0.4, -0.2) is 83.6 Å². The predicted octanol–water partition coefficient (Wildman–Crippen LogP) is 5.86. The Balaban J connectivity index is 1.17. The van der Waals surface area contributed by atoms with Crippen molar-refractivity contribution in [1.82, 2.24) is 24.9 Å². The number of halogens is 2. The minimum Gasteiger partial charge on any atom is -0.494 e. The minimum absolute atomic E-state index is 0.0258. The maximum Gasteiger partial charge on any atom is 0.259 e. The number of aromatic nitrogens is 2. The van der Waals surface area contributed by atoms with Gasteiger partial charge in [-0.15, -0.1) is 17.9 Å². The van der Waals surface area contributed by atoms with Crippen LogP contribution in [0.3, 0.4) is 0 Å². The van der Waals surface area contributed by atoms with Crippen LogP contribution in [-0.2, 0) is 24.4 Å². The van der Waals surface area contributed by atoms with E-state index in [-0.39, 0.29) is 25.3 Å². The van der Waals surface area contributed by atoms with Gasteiger partial charge in [0.1, 0.15) is 29.5 Å². The van der Waals surface area contributed by atoms with Gasteiger partial charge in [0.15, 0.2) is 5.13 Å². The lowest BCUT2D eigenvalue weighted by Gasteiger charge is -2.30. The summed E-state index contributed by atoms with van der Waals surface area (Å²) in [6, 6.07) is 10.8. The van der Waals surface area contributed by atoms with Crippen molar-refractivity contribution in [2.24, 2.45) is 5.92 Å². The fourth-order valence-electron chi connectivity index (χ4n) is 6.75. The summed E-state index contributed by atoms with van der Waals surface area (Å²) in [6.45, 7) is 9.54. The Hall–Kier alpha value is -4.51. The second-order valence-electron chi connectivity index (χ2n) is 14.0. The van der Waals surface area contributed by atoms with Gasteiger partial charge in [-0.25, -0.2) is 18.4 Å². The summed E-state index contributed by atoms with van der Waals surface area (Å²) < 4.78 is 40.5. The average Bonchev–Trinajstić information content (AvgIpc) is 4.04. The molecular weight excluding hydrogens is 832 g/mol. The van der Waals surface area contributed by atoms with Gasteiger partial charge in [-0.2, -0.15) is 0 Å². The van der Waals surface area contributed by atoms with Crippen LogP contribution in [0.2, 0.25) is 5.02 Å². The number of hydrogen-bond acceptors (Lipinski definition) is 11. The van der Waals surface area contributed by atoms with Crippen molar-refractivity contribution in [3.63, 3.8) is 0 Å². The number of methoxy groups -OCH3 is 1. The Morgan fingerprint density at radius 2 is 1.91 bits per heavy atom. The highest BCUT2D eigenvalue weighted by Crippen LogP contribution is 2.46. The van der Waals surface area contributed by atoms with Crippen molar-refractivity contribution in [2.75, 3.05) is 19.0 Å². The topological polar surface area (TPSA) is 169 Å². The van der Waals surface area contributed by atoms with E-state index in [1.165, 1.54) is 35.6 Å². The molecule has 7 rings (SSSR count). The molecule has 3 fully saturated rings. The largest absolute Gasteiger partial charge is 0.494 e. The van der Waals surface area contributed by atoms with Gasteiger partial charge in [-0.1, -0.05) is 52.3 Å². The van der Waals surface area contributed by atoms with E-state index in [0.717, 1.165) is 10.0 Å². The summed E-state index contributed by atoms with van der Waals surface area (Å²) in [6.07, 6.45) is 3.40. The SMILES string of the molecule is C=C[C@@H]1C[C@]1(NC(=O)[C@@H]1C[C@@H](Oc2ncc(OC)c3ccc(Cl)cc23)CN1C(=O)[C@@H](Nc1nc(-c2ccc(Br)cc2)cs1)C(=C)C)C(=O)NS(=O)(=O)C1CC1. The van der Waals surface area contributed by atoms with Gasteiger partial charge < -0.3 is 25.0 Å². The van der Waals surface area contributed by atoms with E-state index < -0.39 is 62.6 Å². The number of amides is 3. The maximum atomic E-state index is 14.6. The van der Waals surface area contributed by atoms with E-state index in [0.29, 0.717) is 50.8 Å². The third-order valence-corrected chi connectivity index (χ3v) is 13.4. The van der Waals surface area contributed by atoms with Crippen molar-refractivity contribution in [1.29, 1.82) is 0 Å². The number of fused-ring (bicyclic) bond motifs is 1. The fraction of sp³-hybridized carbons (Fsp3) is 0.342. The Labute approximate surface area is 335 Å². The first kappa shape index (κ1) is 38.8. The lowest BCUT2D eigenvalue weighted by molar-refractivity contribution is -0.139. The van der Waals surface area contributed by atoms with Gasteiger partial charge in [-0.05, 0) is 62.1 Å². The Bertz CT molecular complexity index is 2320. The predicted molar refractivity (Wildman–Crippen MR) is 215 cm³/mol. The standard InChI is InChI=1S/C38H38BrClN6O7S2/c1-5-22-16-38(22,36(49)45-55(50,51)26-11-12-26)44-33(47)30-15-25(53-34-28-14-24(40)10-13-27(28)31(52-4)17-41-34)18-46(30)35(48)32(20(2)3)43-37-42-29(19-54-37)21-6-8-23(39)9-7-21/h5-10,13-14,17,19,22,25-26,30,32H,1-2,11-12,15-16,18H2,3-4H3,(H,42,43)(H,44,47)(H,45,49)/t22-,25-,30+,32+,38-/m1/s1. The second-order valence-corrected chi connectivity index (χ2v) is 18.1. The first-order valence-electron chi connectivity index (χ1n) is 17.5. The van der Waals surface area contributed by atoms with E-state index in [2.05, 4.69) is 49.4 Å². The number of hydrogen-bond donors (Lipinski definition) is 3. The zero-order valence-corrected chi connectivity index (χ0v) is 33.9. The normalized spacial score (nSPS) is 22.4. The molecule has 0 spiro atoms. The number of sulfonamides is 1. The molecule has 0 bridgehead atoms. The van der Waals surface area contributed by atoms with Crippen LogP contribution in [0.4, 0.5) is 5.13 Å². The number of carbonyl (C=O) groups is 3. The van der Waals surface area contributed by atoms with Gasteiger partial charge >= 0.3 is 0 Å². The molecule has 2 saturated carbocycles. The molecule has 2 aliphatic carbocycles. The number of nitrogens with zero attached hydrogens (tertiary/aromatic N) is 3. The smallest absolute Gasteiger partial charge is 0.259 e. The van der Waals surface area contributed by atoms with Crippen LogP contribution in [0.15, 0.2) is 83.3 Å². The van der Waals surface area contributed by atoms with Crippen molar-refractivity contribution in [3.05, 3.63) is 88.3 Å². The summed E-state index contributed by atoms with van der Waals surface area (Å²) in [5, 5.41) is 9.45. The van der Waals surface area contributed by atoms with Crippen molar-refractivity contribution in [3.8, 4) is 22.9 Å².